The second-order valence-electron chi connectivity index (χ2n) is 6.83. The number of ether oxygens (including phenoxy) is 2. The van der Waals surface area contributed by atoms with E-state index in [2.05, 4.69) is 5.32 Å². The Labute approximate surface area is 179 Å². The van der Waals surface area contributed by atoms with Gasteiger partial charge in [-0.2, -0.15) is 0 Å². The van der Waals surface area contributed by atoms with E-state index in [0.717, 1.165) is 5.56 Å². The van der Waals surface area contributed by atoms with Crippen LogP contribution >= 0.6 is 0 Å². The van der Waals surface area contributed by atoms with E-state index < -0.39 is 23.9 Å². The smallest absolute Gasteiger partial charge is 0.339 e. The topological polar surface area (TPSA) is 108 Å². The predicted octanol–water partition coefficient (Wildman–Crippen LogP) is 3.40. The summed E-state index contributed by atoms with van der Waals surface area (Å²) in [5.74, 6) is -1.36. The van der Waals surface area contributed by atoms with Gasteiger partial charge in [0.1, 0.15) is 5.75 Å². The number of rotatable bonds is 8. The number of hydrogen-bond acceptors (Lipinski definition) is 5. The molecule has 0 aliphatic heterocycles. The first kappa shape index (κ1) is 21.6. The average molecular weight is 418 g/mol. The Bertz CT molecular complexity index is 1050. The van der Waals surface area contributed by atoms with Crippen molar-refractivity contribution < 1.29 is 23.9 Å². The van der Waals surface area contributed by atoms with Crippen LogP contribution in [0.15, 0.2) is 78.9 Å². The summed E-state index contributed by atoms with van der Waals surface area (Å²) in [6.07, 6.45) is -1.14. The van der Waals surface area contributed by atoms with E-state index in [1.807, 2.05) is 25.1 Å². The number of carbonyl (C=O) groups is 3. The zero-order valence-corrected chi connectivity index (χ0v) is 16.9. The molecule has 0 heterocycles. The molecule has 31 heavy (non-hydrogen) atoms. The van der Waals surface area contributed by atoms with Crippen LogP contribution in [-0.2, 0) is 14.3 Å². The molecular weight excluding hydrogens is 396 g/mol. The van der Waals surface area contributed by atoms with E-state index in [0.29, 0.717) is 17.0 Å². The monoisotopic (exact) mass is 418 g/mol. The maximum absolute atomic E-state index is 12.9. The van der Waals surface area contributed by atoms with E-state index in [4.69, 9.17) is 15.2 Å². The normalized spacial score (nSPS) is 11.3. The quantitative estimate of drug-likeness (QED) is 0.545. The zero-order valence-electron chi connectivity index (χ0n) is 16.9. The molecule has 0 bridgehead atoms. The minimum atomic E-state index is -1.14. The highest BCUT2D eigenvalue weighted by Crippen LogP contribution is 2.23. The summed E-state index contributed by atoms with van der Waals surface area (Å²) in [5.41, 5.74) is 7.48. The summed E-state index contributed by atoms with van der Waals surface area (Å²) in [4.78, 5) is 36.4. The molecule has 3 aromatic rings. The van der Waals surface area contributed by atoms with Gasteiger partial charge in [0, 0.05) is 11.3 Å². The van der Waals surface area contributed by atoms with Crippen LogP contribution in [0, 0.1) is 6.92 Å². The summed E-state index contributed by atoms with van der Waals surface area (Å²) in [6.45, 7) is 1.68. The van der Waals surface area contributed by atoms with E-state index in [1.165, 1.54) is 24.3 Å². The number of benzene rings is 3. The molecule has 7 nitrogen and oxygen atoms in total. The fraction of sp³-hybridized carbons (Fsp3) is 0.125. The first-order valence-corrected chi connectivity index (χ1v) is 9.57. The number of aryl methyl sites for hydroxylation is 1. The molecular formula is C24H22N2O5. The Morgan fingerprint density at radius 3 is 2.16 bits per heavy atom. The van der Waals surface area contributed by atoms with Crippen molar-refractivity contribution in [2.24, 2.45) is 5.73 Å². The largest absolute Gasteiger partial charge is 0.484 e. The van der Waals surface area contributed by atoms with Crippen molar-refractivity contribution in [1.82, 2.24) is 0 Å². The van der Waals surface area contributed by atoms with Crippen molar-refractivity contribution in [2.75, 3.05) is 11.9 Å². The average Bonchev–Trinajstić information content (AvgIpc) is 2.78. The van der Waals surface area contributed by atoms with Gasteiger partial charge in [0.25, 0.3) is 11.8 Å². The van der Waals surface area contributed by atoms with Crippen molar-refractivity contribution in [1.29, 1.82) is 0 Å². The number of primary amides is 1. The number of anilines is 1. The lowest BCUT2D eigenvalue weighted by Gasteiger charge is -2.18. The van der Waals surface area contributed by atoms with Gasteiger partial charge >= 0.3 is 5.97 Å². The highest BCUT2D eigenvalue weighted by Gasteiger charge is 2.26. The van der Waals surface area contributed by atoms with Crippen LogP contribution in [-0.4, -0.2) is 24.4 Å². The molecule has 1 atom stereocenters. The molecule has 3 N–H and O–H groups in total. The van der Waals surface area contributed by atoms with Crippen molar-refractivity contribution in [2.45, 2.75) is 13.0 Å². The summed E-state index contributed by atoms with van der Waals surface area (Å²) < 4.78 is 10.7. The third-order valence-electron chi connectivity index (χ3n) is 4.36. The number of amides is 2. The Hall–Kier alpha value is -4.13. The van der Waals surface area contributed by atoms with Gasteiger partial charge in [-0.15, -0.1) is 0 Å². The molecule has 0 aliphatic rings. The van der Waals surface area contributed by atoms with Crippen LogP contribution in [0.4, 0.5) is 5.69 Å². The zero-order chi connectivity index (χ0) is 22.2. The van der Waals surface area contributed by atoms with Crippen molar-refractivity contribution in [3.8, 4) is 5.75 Å². The highest BCUT2D eigenvalue weighted by atomic mass is 16.5. The van der Waals surface area contributed by atoms with Gasteiger partial charge < -0.3 is 20.5 Å². The van der Waals surface area contributed by atoms with E-state index >= 15 is 0 Å². The van der Waals surface area contributed by atoms with Crippen LogP contribution in [0.25, 0.3) is 0 Å². The first-order chi connectivity index (χ1) is 14.9. The van der Waals surface area contributed by atoms with Crippen LogP contribution in [0.5, 0.6) is 5.75 Å². The molecule has 3 aromatic carbocycles. The van der Waals surface area contributed by atoms with E-state index in [-0.39, 0.29) is 12.2 Å². The molecule has 158 valence electrons. The maximum Gasteiger partial charge on any atom is 0.339 e. The van der Waals surface area contributed by atoms with E-state index in [1.54, 1.807) is 36.4 Å². The van der Waals surface area contributed by atoms with Crippen LogP contribution in [0.2, 0.25) is 0 Å². The van der Waals surface area contributed by atoms with Crippen molar-refractivity contribution in [3.05, 3.63) is 95.6 Å². The first-order valence-electron chi connectivity index (χ1n) is 9.57. The van der Waals surface area contributed by atoms with Crippen LogP contribution in [0.1, 0.15) is 27.6 Å². The Morgan fingerprint density at radius 2 is 1.55 bits per heavy atom. The lowest BCUT2D eigenvalue weighted by Crippen LogP contribution is -2.26. The summed E-state index contributed by atoms with van der Waals surface area (Å²) in [6, 6.07) is 22.1. The van der Waals surface area contributed by atoms with Gasteiger partial charge in [-0.25, -0.2) is 4.79 Å². The van der Waals surface area contributed by atoms with Gasteiger partial charge in [-0.1, -0.05) is 48.0 Å². The van der Waals surface area contributed by atoms with Crippen LogP contribution < -0.4 is 15.8 Å². The van der Waals surface area contributed by atoms with Gasteiger partial charge in [-0.05, 0) is 43.3 Å². The number of esters is 1. The second kappa shape index (κ2) is 10.1. The lowest BCUT2D eigenvalue weighted by atomic mass is 10.1. The molecule has 7 heteroatoms. The van der Waals surface area contributed by atoms with Crippen LogP contribution in [0.3, 0.4) is 0 Å². The Morgan fingerprint density at radius 1 is 0.903 bits per heavy atom. The number of hydrogen-bond donors (Lipinski definition) is 2. The van der Waals surface area contributed by atoms with E-state index in [9.17, 15) is 14.4 Å². The Kier molecular flexibility index (Phi) is 7.01. The van der Waals surface area contributed by atoms with Gasteiger partial charge in [0.05, 0.1) is 5.56 Å². The molecule has 0 spiro atoms. The minimum Gasteiger partial charge on any atom is -0.484 e. The third-order valence-corrected chi connectivity index (χ3v) is 4.36. The van der Waals surface area contributed by atoms with Gasteiger partial charge in [0.2, 0.25) is 6.10 Å². The molecule has 0 aliphatic carbocycles. The molecule has 0 saturated heterocycles. The maximum atomic E-state index is 12.9. The standard InChI is InChI=1S/C24H22N2O5/c1-16-7-11-19(12-8-16)26-23(28)22(17-5-3-2-4-6-17)31-24(29)18-9-13-20(14-10-18)30-15-21(25)27/h2-14,22H,15H2,1H3,(H2,25,27)(H,26,28)/t22-/m1/s1. The van der Waals surface area contributed by atoms with Gasteiger partial charge in [0.15, 0.2) is 6.61 Å². The van der Waals surface area contributed by atoms with Gasteiger partial charge in [-0.3, -0.25) is 9.59 Å². The van der Waals surface area contributed by atoms with Crippen molar-refractivity contribution in [3.63, 3.8) is 0 Å². The molecule has 0 radical (unpaired) electrons. The SMILES string of the molecule is Cc1ccc(NC(=O)[C@H](OC(=O)c2ccc(OCC(N)=O)cc2)c2ccccc2)cc1. The molecule has 2 amide bonds. The Balaban J connectivity index is 1.75. The highest BCUT2D eigenvalue weighted by molar-refractivity contribution is 5.98. The minimum absolute atomic E-state index is 0.232. The lowest BCUT2D eigenvalue weighted by molar-refractivity contribution is -0.125. The predicted molar refractivity (Wildman–Crippen MR) is 116 cm³/mol. The third kappa shape index (κ3) is 6.17. The van der Waals surface area contributed by atoms with Crippen molar-refractivity contribution >= 4 is 23.5 Å². The number of nitrogens with one attached hydrogen (secondary N) is 1. The molecule has 0 saturated carbocycles. The summed E-state index contributed by atoms with van der Waals surface area (Å²) in [7, 11) is 0. The molecule has 0 unspecified atom stereocenters. The molecule has 3 rings (SSSR count). The fourth-order valence-corrected chi connectivity index (χ4v) is 2.76. The number of carbonyl (C=O) groups excluding carboxylic acids is 3. The second-order valence-corrected chi connectivity index (χ2v) is 6.83. The molecule has 0 fully saturated rings. The molecule has 0 aromatic heterocycles. The summed E-state index contributed by atoms with van der Waals surface area (Å²) in [5, 5.41) is 2.78. The fourth-order valence-electron chi connectivity index (χ4n) is 2.76. The number of nitrogens with two attached hydrogens (primary N) is 1. The summed E-state index contributed by atoms with van der Waals surface area (Å²) >= 11 is 0.